The van der Waals surface area contributed by atoms with E-state index in [0.717, 1.165) is 29.9 Å². The number of piperidine rings is 1. The van der Waals surface area contributed by atoms with Gasteiger partial charge in [0, 0.05) is 74.3 Å². The minimum atomic E-state index is -0.397. The minimum Gasteiger partial charge on any atom is -0.366 e. The van der Waals surface area contributed by atoms with Gasteiger partial charge in [0.25, 0.3) is 5.56 Å². The average molecular weight is 541 g/mol. The van der Waals surface area contributed by atoms with E-state index < -0.39 is 5.92 Å². The molecule has 40 heavy (non-hydrogen) atoms. The zero-order valence-electron chi connectivity index (χ0n) is 22.3. The van der Waals surface area contributed by atoms with Crippen LogP contribution in [0.3, 0.4) is 0 Å². The zero-order valence-corrected chi connectivity index (χ0v) is 22.3. The third kappa shape index (κ3) is 4.97. The lowest BCUT2D eigenvalue weighted by atomic mass is 9.69. The average Bonchev–Trinajstić information content (AvgIpc) is 2.93. The second-order valence-corrected chi connectivity index (χ2v) is 10.9. The van der Waals surface area contributed by atoms with E-state index in [2.05, 4.69) is 25.8 Å². The molecule has 206 valence electrons. The molecule has 3 N–H and O–H groups in total. The summed E-state index contributed by atoms with van der Waals surface area (Å²) in [6.07, 6.45) is 3.14. The van der Waals surface area contributed by atoms with Gasteiger partial charge < -0.3 is 25.4 Å². The van der Waals surface area contributed by atoms with E-state index in [0.29, 0.717) is 24.5 Å². The van der Waals surface area contributed by atoms with Crippen molar-refractivity contribution in [2.75, 3.05) is 28.6 Å². The molecular formula is C30H32N6O4. The summed E-state index contributed by atoms with van der Waals surface area (Å²) >= 11 is 0. The van der Waals surface area contributed by atoms with Crippen molar-refractivity contribution in [1.82, 2.24) is 14.9 Å². The molecule has 4 atom stereocenters. The van der Waals surface area contributed by atoms with Crippen LogP contribution in [0.5, 0.6) is 0 Å². The lowest BCUT2D eigenvalue weighted by Gasteiger charge is -2.54. The maximum absolute atomic E-state index is 13.8. The Balaban J connectivity index is 1.27. The fourth-order valence-electron chi connectivity index (χ4n) is 6.68. The van der Waals surface area contributed by atoms with Crippen LogP contribution in [0, 0.1) is 11.8 Å². The molecule has 3 amide bonds. The maximum atomic E-state index is 13.8. The van der Waals surface area contributed by atoms with Gasteiger partial charge in [-0.2, -0.15) is 0 Å². The summed E-state index contributed by atoms with van der Waals surface area (Å²) in [6, 6.07) is 16.4. The van der Waals surface area contributed by atoms with Gasteiger partial charge in [0.05, 0.1) is 5.92 Å². The largest absolute Gasteiger partial charge is 0.366 e. The normalized spacial score (nSPS) is 22.3. The topological polar surface area (TPSA) is 125 Å². The Labute approximate surface area is 231 Å². The van der Waals surface area contributed by atoms with Gasteiger partial charge in [0.2, 0.25) is 17.7 Å². The van der Waals surface area contributed by atoms with Gasteiger partial charge in [-0.15, -0.1) is 0 Å². The number of rotatable bonds is 6. The third-order valence-electron chi connectivity index (χ3n) is 8.20. The van der Waals surface area contributed by atoms with Crippen molar-refractivity contribution in [1.29, 1.82) is 0 Å². The Morgan fingerprint density at radius 1 is 1.02 bits per heavy atom. The Kier molecular flexibility index (Phi) is 6.83. The summed E-state index contributed by atoms with van der Waals surface area (Å²) in [6.45, 7) is 3.07. The summed E-state index contributed by atoms with van der Waals surface area (Å²) < 4.78 is 1.88. The van der Waals surface area contributed by atoms with Crippen molar-refractivity contribution < 1.29 is 14.4 Å². The fourth-order valence-corrected chi connectivity index (χ4v) is 6.68. The number of pyridine rings is 2. The van der Waals surface area contributed by atoms with Crippen LogP contribution in [0.1, 0.15) is 36.9 Å². The SMILES string of the molecule is CC(=O)Nc1ccc2c(c1)C[C@@H](C(=O)NCCC(=O)Nc1ccccn1)[C@H]1[C@@H]3C[C@H](CN21)Cn1c3cccc1=O. The molecule has 0 radical (unpaired) electrons. The quantitative estimate of drug-likeness (QED) is 0.441. The van der Waals surface area contributed by atoms with Crippen molar-refractivity contribution in [2.24, 2.45) is 11.8 Å². The predicted octanol–water partition coefficient (Wildman–Crippen LogP) is 2.51. The number of benzene rings is 1. The molecule has 10 heteroatoms. The monoisotopic (exact) mass is 540 g/mol. The van der Waals surface area contributed by atoms with E-state index >= 15 is 0 Å². The highest BCUT2D eigenvalue weighted by atomic mass is 16.2. The second kappa shape index (κ2) is 10.6. The Bertz CT molecular complexity index is 1520. The van der Waals surface area contributed by atoms with Crippen LogP contribution >= 0.6 is 0 Å². The van der Waals surface area contributed by atoms with Crippen LogP contribution in [0.4, 0.5) is 17.2 Å². The molecule has 2 aromatic heterocycles. The molecule has 3 aliphatic rings. The van der Waals surface area contributed by atoms with Crippen LogP contribution in [0.15, 0.2) is 65.6 Å². The maximum Gasteiger partial charge on any atom is 0.250 e. The number of aromatic nitrogens is 2. The summed E-state index contributed by atoms with van der Waals surface area (Å²) in [4.78, 5) is 57.1. The standard InChI is InChI=1S/C30H32N6O4/c1-18(37)33-21-8-9-24-20(14-21)15-23(30(40)32-12-10-27(38)34-26-6-2-3-11-31-26)29-22-13-19(17-36(24)29)16-35-25(22)5-4-7-28(35)39/h2-9,11,14,19,22-23,29H,10,12-13,15-17H2,1H3,(H,32,40)(H,33,37)(H,31,34,38)/t19-,22+,23+,29+/m0/s1. The summed E-state index contributed by atoms with van der Waals surface area (Å²) in [5.74, 6) is -0.119. The first-order valence-corrected chi connectivity index (χ1v) is 13.7. The van der Waals surface area contributed by atoms with E-state index in [1.54, 1.807) is 36.5 Å². The highest BCUT2D eigenvalue weighted by molar-refractivity contribution is 5.91. The zero-order chi connectivity index (χ0) is 27.8. The highest BCUT2D eigenvalue weighted by Crippen LogP contribution is 2.48. The van der Waals surface area contributed by atoms with Gasteiger partial charge in [-0.05, 0) is 60.7 Å². The molecule has 2 bridgehead atoms. The molecule has 3 aromatic rings. The third-order valence-corrected chi connectivity index (χ3v) is 8.20. The number of carbonyl (C=O) groups excluding carboxylic acids is 3. The molecule has 6 rings (SSSR count). The first-order chi connectivity index (χ1) is 19.4. The van der Waals surface area contributed by atoms with Gasteiger partial charge in [-0.3, -0.25) is 19.2 Å². The predicted molar refractivity (Wildman–Crippen MR) is 151 cm³/mol. The Hall–Kier alpha value is -4.47. The van der Waals surface area contributed by atoms with Gasteiger partial charge in [0.15, 0.2) is 0 Å². The van der Waals surface area contributed by atoms with Crippen molar-refractivity contribution in [3.05, 3.63) is 82.4 Å². The second-order valence-electron chi connectivity index (χ2n) is 10.9. The molecule has 1 fully saturated rings. The number of nitrogens with one attached hydrogen (secondary N) is 3. The van der Waals surface area contributed by atoms with Crippen LogP contribution in [0.2, 0.25) is 0 Å². The molecule has 0 spiro atoms. The van der Waals surface area contributed by atoms with Gasteiger partial charge in [-0.25, -0.2) is 4.98 Å². The first-order valence-electron chi connectivity index (χ1n) is 13.7. The van der Waals surface area contributed by atoms with Crippen molar-refractivity contribution in [3.63, 3.8) is 0 Å². The molecule has 0 aliphatic carbocycles. The van der Waals surface area contributed by atoms with Crippen LogP contribution in [0.25, 0.3) is 0 Å². The number of hydrogen-bond acceptors (Lipinski definition) is 6. The molecular weight excluding hydrogens is 508 g/mol. The molecule has 0 unspecified atom stereocenters. The van der Waals surface area contributed by atoms with E-state index in [4.69, 9.17) is 0 Å². The summed E-state index contributed by atoms with van der Waals surface area (Å²) in [7, 11) is 0. The number of anilines is 3. The fraction of sp³-hybridized carbons (Fsp3) is 0.367. The number of carbonyl (C=O) groups is 3. The van der Waals surface area contributed by atoms with Crippen molar-refractivity contribution in [2.45, 2.75) is 44.7 Å². The van der Waals surface area contributed by atoms with Gasteiger partial charge >= 0.3 is 0 Å². The minimum absolute atomic E-state index is 0.00303. The van der Waals surface area contributed by atoms with Crippen molar-refractivity contribution in [3.8, 4) is 0 Å². The molecule has 0 saturated carbocycles. The molecule has 1 aromatic carbocycles. The van der Waals surface area contributed by atoms with E-state index in [9.17, 15) is 19.2 Å². The van der Waals surface area contributed by atoms with Crippen LogP contribution < -0.4 is 26.4 Å². The molecule has 5 heterocycles. The number of nitrogens with zero attached hydrogens (tertiary/aromatic N) is 3. The van der Waals surface area contributed by atoms with Gasteiger partial charge in [0.1, 0.15) is 5.82 Å². The number of fused-ring (bicyclic) bond motifs is 8. The van der Waals surface area contributed by atoms with Crippen LogP contribution in [-0.4, -0.2) is 46.4 Å². The molecule has 1 saturated heterocycles. The smallest absolute Gasteiger partial charge is 0.250 e. The number of hydrogen-bond donors (Lipinski definition) is 3. The number of amides is 3. The first kappa shape index (κ1) is 25.8. The molecule has 10 nitrogen and oxygen atoms in total. The van der Waals surface area contributed by atoms with Gasteiger partial charge in [-0.1, -0.05) is 12.1 Å². The summed E-state index contributed by atoms with van der Waals surface area (Å²) in [5.41, 5.74) is 3.74. The lowest BCUT2D eigenvalue weighted by Crippen LogP contribution is -2.60. The lowest BCUT2D eigenvalue weighted by molar-refractivity contribution is -0.126. The van der Waals surface area contributed by atoms with Crippen molar-refractivity contribution >= 4 is 34.9 Å². The van der Waals surface area contributed by atoms with Crippen LogP contribution in [-0.2, 0) is 27.3 Å². The van der Waals surface area contributed by atoms with E-state index in [-0.39, 0.29) is 54.1 Å². The van der Waals surface area contributed by atoms with E-state index in [1.807, 2.05) is 28.8 Å². The summed E-state index contributed by atoms with van der Waals surface area (Å²) in [5, 5.41) is 8.60. The Morgan fingerprint density at radius 3 is 2.70 bits per heavy atom. The molecule has 3 aliphatic heterocycles. The Morgan fingerprint density at radius 2 is 1.90 bits per heavy atom. The highest BCUT2D eigenvalue weighted by Gasteiger charge is 2.49. The van der Waals surface area contributed by atoms with E-state index in [1.165, 1.54) is 6.92 Å².